The van der Waals surface area contributed by atoms with E-state index in [0.29, 0.717) is 18.0 Å². The fourth-order valence-corrected chi connectivity index (χ4v) is 4.20. The van der Waals surface area contributed by atoms with Crippen molar-refractivity contribution < 1.29 is 22.7 Å². The first-order valence-electron chi connectivity index (χ1n) is 11.1. The first kappa shape index (κ1) is 25.8. The van der Waals surface area contributed by atoms with Crippen molar-refractivity contribution in [3.8, 4) is 5.75 Å². The van der Waals surface area contributed by atoms with Crippen molar-refractivity contribution in [2.45, 2.75) is 26.5 Å². The molecule has 35 heavy (non-hydrogen) atoms. The number of sulfonamides is 1. The molecule has 0 saturated carbocycles. The largest absolute Gasteiger partial charge is 0.491 e. The van der Waals surface area contributed by atoms with Crippen molar-refractivity contribution in [2.75, 3.05) is 22.4 Å². The van der Waals surface area contributed by atoms with Crippen LogP contribution in [0.1, 0.15) is 29.8 Å². The molecule has 0 aliphatic carbocycles. The zero-order valence-electron chi connectivity index (χ0n) is 19.9. The molecule has 3 rings (SSSR count). The summed E-state index contributed by atoms with van der Waals surface area (Å²) in [6.07, 6.45) is 1.01. The summed E-state index contributed by atoms with van der Waals surface area (Å²) in [5.74, 6) is -0.344. The number of hydrogen-bond donors (Lipinski definition) is 2. The van der Waals surface area contributed by atoms with E-state index in [2.05, 4.69) is 10.6 Å². The van der Waals surface area contributed by atoms with E-state index in [9.17, 15) is 18.0 Å². The number of ether oxygens (including phenoxy) is 1. The van der Waals surface area contributed by atoms with Crippen LogP contribution in [0.15, 0.2) is 78.9 Å². The highest BCUT2D eigenvalue weighted by atomic mass is 32.2. The molecule has 0 aliphatic rings. The lowest BCUT2D eigenvalue weighted by molar-refractivity contribution is -0.114. The summed E-state index contributed by atoms with van der Waals surface area (Å²) in [6, 6.07) is 22.5. The van der Waals surface area contributed by atoms with E-state index in [4.69, 9.17) is 4.74 Å². The van der Waals surface area contributed by atoms with Gasteiger partial charge in [-0.25, -0.2) is 8.42 Å². The van der Waals surface area contributed by atoms with Crippen molar-refractivity contribution in [3.63, 3.8) is 0 Å². The van der Waals surface area contributed by atoms with Gasteiger partial charge in [0.1, 0.15) is 12.3 Å². The fourth-order valence-electron chi connectivity index (χ4n) is 3.35. The minimum absolute atomic E-state index is 0.0254. The minimum Gasteiger partial charge on any atom is -0.491 e. The summed E-state index contributed by atoms with van der Waals surface area (Å²) in [5.41, 5.74) is 1.83. The van der Waals surface area contributed by atoms with Gasteiger partial charge in [-0.2, -0.15) is 0 Å². The second kappa shape index (κ2) is 11.5. The average molecular weight is 496 g/mol. The van der Waals surface area contributed by atoms with Crippen molar-refractivity contribution in [3.05, 3.63) is 90.0 Å². The molecule has 0 aromatic heterocycles. The van der Waals surface area contributed by atoms with Crippen LogP contribution in [0.4, 0.5) is 11.4 Å². The third kappa shape index (κ3) is 7.58. The van der Waals surface area contributed by atoms with Gasteiger partial charge in [0.05, 0.1) is 29.3 Å². The number of amides is 2. The van der Waals surface area contributed by atoms with Crippen LogP contribution in [0, 0.1) is 0 Å². The molecule has 0 unspecified atom stereocenters. The van der Waals surface area contributed by atoms with Crippen molar-refractivity contribution in [1.82, 2.24) is 5.32 Å². The number of rotatable bonds is 10. The molecule has 8 nitrogen and oxygen atoms in total. The summed E-state index contributed by atoms with van der Waals surface area (Å²) in [5, 5.41) is 5.50. The van der Waals surface area contributed by atoms with Gasteiger partial charge in [-0.05, 0) is 55.8 Å². The lowest BCUT2D eigenvalue weighted by Gasteiger charge is -2.22. The highest BCUT2D eigenvalue weighted by molar-refractivity contribution is 7.92. The molecule has 2 N–H and O–H groups in total. The third-order valence-corrected chi connectivity index (χ3v) is 6.07. The number of nitrogens with zero attached hydrogens (tertiary/aromatic N) is 1. The smallest absolute Gasteiger partial charge is 0.253 e. The summed E-state index contributed by atoms with van der Waals surface area (Å²) >= 11 is 0. The summed E-state index contributed by atoms with van der Waals surface area (Å²) in [4.78, 5) is 25.6. The van der Waals surface area contributed by atoms with Gasteiger partial charge in [0.25, 0.3) is 5.91 Å². The van der Waals surface area contributed by atoms with Crippen LogP contribution >= 0.6 is 0 Å². The second-order valence-corrected chi connectivity index (χ2v) is 10.1. The highest BCUT2D eigenvalue weighted by Crippen LogP contribution is 2.23. The zero-order chi connectivity index (χ0) is 25.4. The molecule has 0 aliphatic heterocycles. The number of nitrogens with one attached hydrogen (secondary N) is 2. The molecule has 9 heteroatoms. The van der Waals surface area contributed by atoms with Crippen LogP contribution in [-0.4, -0.2) is 39.1 Å². The summed E-state index contributed by atoms with van der Waals surface area (Å²) < 4.78 is 31.4. The van der Waals surface area contributed by atoms with Crippen LogP contribution < -0.4 is 19.7 Å². The zero-order valence-corrected chi connectivity index (χ0v) is 20.7. The van der Waals surface area contributed by atoms with Gasteiger partial charge in [0.2, 0.25) is 15.9 Å². The molecule has 3 aromatic rings. The van der Waals surface area contributed by atoms with Gasteiger partial charge in [-0.1, -0.05) is 42.5 Å². The van der Waals surface area contributed by atoms with Gasteiger partial charge in [-0.3, -0.25) is 13.9 Å². The Kier molecular flexibility index (Phi) is 8.48. The number of hydrogen-bond acceptors (Lipinski definition) is 5. The maximum atomic E-state index is 12.8. The van der Waals surface area contributed by atoms with Gasteiger partial charge in [-0.15, -0.1) is 0 Å². The third-order valence-electron chi connectivity index (χ3n) is 4.93. The van der Waals surface area contributed by atoms with Gasteiger partial charge in [0, 0.05) is 6.54 Å². The Balaban J connectivity index is 1.72. The Labute approximate surface area is 206 Å². The predicted molar refractivity (Wildman–Crippen MR) is 137 cm³/mol. The van der Waals surface area contributed by atoms with Crippen molar-refractivity contribution >= 4 is 33.2 Å². The first-order valence-corrected chi connectivity index (χ1v) is 12.9. The number of carbonyl (C=O) groups excluding carboxylic acids is 2. The first-order chi connectivity index (χ1) is 16.6. The molecule has 0 atom stereocenters. The van der Waals surface area contributed by atoms with E-state index in [1.807, 2.05) is 44.2 Å². The quantitative estimate of drug-likeness (QED) is 0.445. The molecule has 0 saturated heterocycles. The predicted octanol–water partition coefficient (Wildman–Crippen LogP) is 3.81. The van der Waals surface area contributed by atoms with Gasteiger partial charge < -0.3 is 15.4 Å². The molecule has 2 amide bonds. The van der Waals surface area contributed by atoms with Crippen LogP contribution in [0.3, 0.4) is 0 Å². The van der Waals surface area contributed by atoms with Crippen molar-refractivity contribution in [1.29, 1.82) is 0 Å². The monoisotopic (exact) mass is 495 g/mol. The van der Waals surface area contributed by atoms with Crippen LogP contribution in [0.2, 0.25) is 0 Å². The summed E-state index contributed by atoms with van der Waals surface area (Å²) in [6.45, 7) is 3.66. The summed E-state index contributed by atoms with van der Waals surface area (Å²) in [7, 11) is -3.75. The second-order valence-electron chi connectivity index (χ2n) is 8.19. The molecule has 0 heterocycles. The normalized spacial score (nSPS) is 11.1. The SMILES string of the molecule is CC(C)Oc1ccc(N(CC(=O)Nc2ccccc2C(=O)NCc2ccccc2)S(C)(=O)=O)cc1. The standard InChI is InChI=1S/C26H29N3O5S/c1-19(2)34-22-15-13-21(14-16-22)29(35(3,32)33)18-25(30)28-24-12-8-7-11-23(24)26(31)27-17-20-9-5-4-6-10-20/h4-16,19H,17-18H2,1-3H3,(H,27,31)(H,28,30). The average Bonchev–Trinajstić information content (AvgIpc) is 2.81. The molecular weight excluding hydrogens is 466 g/mol. The van der Waals surface area contributed by atoms with Gasteiger partial charge in [0.15, 0.2) is 0 Å². The Morgan fingerprint density at radius 1 is 0.914 bits per heavy atom. The highest BCUT2D eigenvalue weighted by Gasteiger charge is 2.22. The molecule has 3 aromatic carbocycles. The van der Waals surface area contributed by atoms with Crippen molar-refractivity contribution in [2.24, 2.45) is 0 Å². The molecular formula is C26H29N3O5S. The molecule has 0 radical (unpaired) electrons. The Bertz CT molecular complexity index is 1260. The fraction of sp³-hybridized carbons (Fsp3) is 0.231. The van der Waals surface area contributed by atoms with Crippen LogP contribution in [0.5, 0.6) is 5.75 Å². The van der Waals surface area contributed by atoms with E-state index in [-0.39, 0.29) is 23.3 Å². The van der Waals surface area contributed by atoms with E-state index in [1.165, 1.54) is 0 Å². The Hall–Kier alpha value is -3.85. The lowest BCUT2D eigenvalue weighted by atomic mass is 10.1. The number of carbonyl (C=O) groups is 2. The van der Waals surface area contributed by atoms with Gasteiger partial charge >= 0.3 is 0 Å². The van der Waals surface area contributed by atoms with E-state index >= 15 is 0 Å². The Morgan fingerprint density at radius 2 is 1.54 bits per heavy atom. The minimum atomic E-state index is -3.75. The number of anilines is 2. The molecule has 0 fully saturated rings. The molecule has 184 valence electrons. The van der Waals surface area contributed by atoms with E-state index in [0.717, 1.165) is 16.1 Å². The topological polar surface area (TPSA) is 105 Å². The Morgan fingerprint density at radius 3 is 2.17 bits per heavy atom. The van der Waals surface area contributed by atoms with E-state index < -0.39 is 22.5 Å². The number of benzene rings is 3. The van der Waals surface area contributed by atoms with Crippen LogP contribution in [0.25, 0.3) is 0 Å². The maximum absolute atomic E-state index is 12.8. The maximum Gasteiger partial charge on any atom is 0.253 e. The molecule has 0 spiro atoms. The molecule has 0 bridgehead atoms. The van der Waals surface area contributed by atoms with E-state index in [1.54, 1.807) is 48.5 Å². The number of para-hydroxylation sites is 1. The lowest BCUT2D eigenvalue weighted by Crippen LogP contribution is -2.37. The van der Waals surface area contributed by atoms with Crippen LogP contribution in [-0.2, 0) is 21.4 Å².